The van der Waals surface area contributed by atoms with Gasteiger partial charge in [-0.2, -0.15) is 0 Å². The van der Waals surface area contributed by atoms with Crippen LogP contribution >= 0.6 is 0 Å². The molecular formula is C17H12F2N4O. The molecule has 0 unspecified atom stereocenters. The molecule has 2 aromatic carbocycles. The molecule has 0 fully saturated rings. The molecule has 0 atom stereocenters. The highest BCUT2D eigenvalue weighted by atomic mass is 19.1. The first-order valence-electron chi connectivity index (χ1n) is 6.98. The van der Waals surface area contributed by atoms with Crippen molar-refractivity contribution in [3.05, 3.63) is 71.9 Å². The molecule has 1 heterocycles. The Morgan fingerprint density at radius 2 is 1.88 bits per heavy atom. The lowest BCUT2D eigenvalue weighted by Gasteiger charge is -2.08. The van der Waals surface area contributed by atoms with Crippen molar-refractivity contribution in [1.29, 1.82) is 0 Å². The molecule has 120 valence electrons. The number of amides is 1. The van der Waals surface area contributed by atoms with E-state index in [0.29, 0.717) is 5.56 Å². The van der Waals surface area contributed by atoms with Gasteiger partial charge in [-0.1, -0.05) is 12.1 Å². The summed E-state index contributed by atoms with van der Waals surface area (Å²) in [6.07, 6.45) is 1.43. The highest BCUT2D eigenvalue weighted by Crippen LogP contribution is 2.21. The molecule has 1 aromatic heterocycles. The Kier molecular flexibility index (Phi) is 4.15. The van der Waals surface area contributed by atoms with E-state index in [-0.39, 0.29) is 22.9 Å². The molecule has 0 saturated heterocycles. The largest absolute Gasteiger partial charge is 0.384 e. The smallest absolute Gasteiger partial charge is 0.255 e. The minimum absolute atomic E-state index is 0.00789. The zero-order valence-corrected chi connectivity index (χ0v) is 12.3. The van der Waals surface area contributed by atoms with Crippen molar-refractivity contribution in [2.45, 2.75) is 0 Å². The third-order valence-corrected chi connectivity index (χ3v) is 3.22. The van der Waals surface area contributed by atoms with Crippen LogP contribution in [0.5, 0.6) is 0 Å². The van der Waals surface area contributed by atoms with Crippen molar-refractivity contribution in [3.8, 4) is 11.4 Å². The summed E-state index contributed by atoms with van der Waals surface area (Å²) in [4.78, 5) is 20.3. The number of carbonyl (C=O) groups is 1. The number of benzene rings is 2. The van der Waals surface area contributed by atoms with E-state index in [2.05, 4.69) is 15.3 Å². The summed E-state index contributed by atoms with van der Waals surface area (Å²) >= 11 is 0. The Labute approximate surface area is 136 Å². The standard InChI is InChI=1S/C17H12F2N4O/c18-12-8-10(16-21-6-5-15(20)23-16)7-11(9-12)17(24)22-14-4-2-1-3-13(14)19/h1-9H,(H,22,24)(H2,20,21,23). The van der Waals surface area contributed by atoms with Gasteiger partial charge in [-0.25, -0.2) is 18.7 Å². The minimum atomic E-state index is -0.648. The Morgan fingerprint density at radius 3 is 2.62 bits per heavy atom. The summed E-state index contributed by atoms with van der Waals surface area (Å²) in [5.74, 6) is -1.46. The van der Waals surface area contributed by atoms with Gasteiger partial charge < -0.3 is 11.1 Å². The maximum absolute atomic E-state index is 13.9. The van der Waals surface area contributed by atoms with Crippen LogP contribution in [0.3, 0.4) is 0 Å². The monoisotopic (exact) mass is 326 g/mol. The predicted octanol–water partition coefficient (Wildman–Crippen LogP) is 3.26. The van der Waals surface area contributed by atoms with Gasteiger partial charge in [-0.3, -0.25) is 4.79 Å². The summed E-state index contributed by atoms with van der Waals surface area (Å²) in [5.41, 5.74) is 5.90. The van der Waals surface area contributed by atoms with E-state index in [9.17, 15) is 13.6 Å². The van der Waals surface area contributed by atoms with Crippen LogP contribution in [0.2, 0.25) is 0 Å². The molecule has 1 amide bonds. The highest BCUT2D eigenvalue weighted by molar-refractivity contribution is 6.04. The SMILES string of the molecule is Nc1ccnc(-c2cc(F)cc(C(=O)Nc3ccccc3F)c2)n1. The number of para-hydroxylation sites is 1. The number of anilines is 2. The first-order chi connectivity index (χ1) is 11.5. The summed E-state index contributed by atoms with van der Waals surface area (Å²) in [6.45, 7) is 0. The van der Waals surface area contributed by atoms with Crippen LogP contribution in [0, 0.1) is 11.6 Å². The van der Waals surface area contributed by atoms with Gasteiger partial charge in [0.2, 0.25) is 0 Å². The van der Waals surface area contributed by atoms with Gasteiger partial charge in [0.25, 0.3) is 5.91 Å². The highest BCUT2D eigenvalue weighted by Gasteiger charge is 2.13. The molecule has 24 heavy (non-hydrogen) atoms. The van der Waals surface area contributed by atoms with Gasteiger partial charge in [0.1, 0.15) is 17.5 Å². The molecule has 0 aliphatic carbocycles. The third-order valence-electron chi connectivity index (χ3n) is 3.22. The molecule has 0 aliphatic rings. The summed E-state index contributed by atoms with van der Waals surface area (Å²) in [7, 11) is 0. The predicted molar refractivity (Wildman–Crippen MR) is 86.2 cm³/mol. The van der Waals surface area contributed by atoms with E-state index in [4.69, 9.17) is 5.73 Å². The number of nitrogen functional groups attached to an aromatic ring is 1. The van der Waals surface area contributed by atoms with Crippen molar-refractivity contribution in [3.63, 3.8) is 0 Å². The van der Waals surface area contributed by atoms with Crippen LogP contribution in [-0.4, -0.2) is 15.9 Å². The Hall–Kier alpha value is -3.35. The summed E-state index contributed by atoms with van der Waals surface area (Å²) in [6, 6.07) is 10.9. The fourth-order valence-electron chi connectivity index (χ4n) is 2.12. The van der Waals surface area contributed by atoms with E-state index in [1.165, 1.54) is 42.6 Å². The second kappa shape index (κ2) is 6.41. The van der Waals surface area contributed by atoms with Crippen LogP contribution in [0.25, 0.3) is 11.4 Å². The molecule has 7 heteroatoms. The van der Waals surface area contributed by atoms with Crippen LogP contribution in [0.4, 0.5) is 20.3 Å². The van der Waals surface area contributed by atoms with Crippen LogP contribution in [0.1, 0.15) is 10.4 Å². The van der Waals surface area contributed by atoms with E-state index in [0.717, 1.165) is 6.07 Å². The van der Waals surface area contributed by atoms with Crippen molar-refractivity contribution in [2.75, 3.05) is 11.1 Å². The number of hydrogen-bond acceptors (Lipinski definition) is 4. The summed E-state index contributed by atoms with van der Waals surface area (Å²) < 4.78 is 27.5. The maximum atomic E-state index is 13.9. The van der Waals surface area contributed by atoms with Gasteiger partial charge >= 0.3 is 0 Å². The number of rotatable bonds is 3. The number of nitrogens with zero attached hydrogens (tertiary/aromatic N) is 2. The molecule has 0 bridgehead atoms. The molecular weight excluding hydrogens is 314 g/mol. The Balaban J connectivity index is 1.94. The van der Waals surface area contributed by atoms with Gasteiger partial charge in [-0.15, -0.1) is 0 Å². The quantitative estimate of drug-likeness (QED) is 0.774. The third kappa shape index (κ3) is 3.35. The van der Waals surface area contributed by atoms with Gasteiger partial charge in [0, 0.05) is 17.3 Å². The van der Waals surface area contributed by atoms with Gasteiger partial charge in [-0.05, 0) is 36.4 Å². The lowest BCUT2D eigenvalue weighted by molar-refractivity contribution is 0.102. The second-order valence-electron chi connectivity index (χ2n) is 4.97. The number of nitrogens with two attached hydrogens (primary N) is 1. The van der Waals surface area contributed by atoms with Gasteiger partial charge in [0.05, 0.1) is 5.69 Å². The average Bonchev–Trinajstić information content (AvgIpc) is 2.56. The topological polar surface area (TPSA) is 80.9 Å². The molecule has 0 aliphatic heterocycles. The van der Waals surface area contributed by atoms with Crippen LogP contribution < -0.4 is 11.1 Å². The van der Waals surface area contributed by atoms with E-state index in [1.54, 1.807) is 6.07 Å². The molecule has 0 spiro atoms. The molecule has 0 saturated carbocycles. The molecule has 3 rings (SSSR count). The fourth-order valence-corrected chi connectivity index (χ4v) is 2.12. The molecule has 5 nitrogen and oxygen atoms in total. The molecule has 0 radical (unpaired) electrons. The minimum Gasteiger partial charge on any atom is -0.384 e. The first kappa shape index (κ1) is 15.5. The zero-order valence-electron chi connectivity index (χ0n) is 12.3. The number of halogens is 2. The average molecular weight is 326 g/mol. The number of carbonyl (C=O) groups excluding carboxylic acids is 1. The maximum Gasteiger partial charge on any atom is 0.255 e. The number of aromatic nitrogens is 2. The number of nitrogens with one attached hydrogen (secondary N) is 1. The lowest BCUT2D eigenvalue weighted by atomic mass is 10.1. The first-order valence-corrected chi connectivity index (χ1v) is 6.98. The van der Waals surface area contributed by atoms with Crippen LogP contribution in [0.15, 0.2) is 54.7 Å². The van der Waals surface area contributed by atoms with Crippen molar-refractivity contribution in [2.24, 2.45) is 0 Å². The van der Waals surface area contributed by atoms with E-state index >= 15 is 0 Å². The van der Waals surface area contributed by atoms with Crippen LogP contribution in [-0.2, 0) is 0 Å². The normalized spacial score (nSPS) is 10.4. The Morgan fingerprint density at radius 1 is 1.08 bits per heavy atom. The Bertz CT molecular complexity index is 915. The molecule has 3 aromatic rings. The summed E-state index contributed by atoms with van der Waals surface area (Å²) in [5, 5.41) is 2.40. The second-order valence-corrected chi connectivity index (χ2v) is 4.97. The van der Waals surface area contributed by atoms with Gasteiger partial charge in [0.15, 0.2) is 5.82 Å². The lowest BCUT2D eigenvalue weighted by Crippen LogP contribution is -2.13. The van der Waals surface area contributed by atoms with Crippen molar-refractivity contribution >= 4 is 17.4 Å². The van der Waals surface area contributed by atoms with Crippen molar-refractivity contribution < 1.29 is 13.6 Å². The van der Waals surface area contributed by atoms with E-state index < -0.39 is 17.5 Å². The van der Waals surface area contributed by atoms with E-state index in [1.807, 2.05) is 0 Å². The molecule has 3 N–H and O–H groups in total. The number of hydrogen-bond donors (Lipinski definition) is 2. The zero-order chi connectivity index (χ0) is 17.1. The van der Waals surface area contributed by atoms with Crippen molar-refractivity contribution in [1.82, 2.24) is 9.97 Å². The fraction of sp³-hybridized carbons (Fsp3) is 0.